The van der Waals surface area contributed by atoms with E-state index in [1.807, 2.05) is 6.92 Å². The molecule has 1 fully saturated rings. The van der Waals surface area contributed by atoms with E-state index in [1.165, 1.54) is 0 Å². The Morgan fingerprint density at radius 1 is 1.50 bits per heavy atom. The number of hydrogen-bond acceptors (Lipinski definition) is 4. The van der Waals surface area contributed by atoms with Gasteiger partial charge in [0.2, 0.25) is 0 Å². The van der Waals surface area contributed by atoms with E-state index in [0.717, 1.165) is 38.5 Å². The lowest BCUT2D eigenvalue weighted by molar-refractivity contribution is 0.117. The molecular weight excluding hydrogens is 226 g/mol. The summed E-state index contributed by atoms with van der Waals surface area (Å²) in [6.07, 6.45) is 4.42. The summed E-state index contributed by atoms with van der Waals surface area (Å²) < 4.78 is 5.44. The summed E-state index contributed by atoms with van der Waals surface area (Å²) in [5.74, 6) is 1.38. The van der Waals surface area contributed by atoms with Crippen molar-refractivity contribution in [3.8, 4) is 0 Å². The Balaban J connectivity index is 1.96. The summed E-state index contributed by atoms with van der Waals surface area (Å²) in [6.45, 7) is 5.56. The largest absolute Gasteiger partial charge is 0.381 e. The fraction of sp³-hybridized carbons (Fsp3) is 0.636. The van der Waals surface area contributed by atoms with Gasteiger partial charge in [-0.05, 0) is 13.3 Å². The molecule has 1 aromatic heterocycles. The van der Waals surface area contributed by atoms with Gasteiger partial charge in [0.25, 0.3) is 0 Å². The molecule has 2 heterocycles. The molecule has 4 nitrogen and oxygen atoms in total. The van der Waals surface area contributed by atoms with Crippen LogP contribution in [0.5, 0.6) is 0 Å². The van der Waals surface area contributed by atoms with E-state index >= 15 is 0 Å². The predicted octanol–water partition coefficient (Wildman–Crippen LogP) is 1.99. The molecule has 0 bridgehead atoms. The summed E-state index contributed by atoms with van der Waals surface area (Å²) in [5, 5.41) is 0.486. The summed E-state index contributed by atoms with van der Waals surface area (Å²) >= 11 is 6.01. The van der Waals surface area contributed by atoms with Crippen molar-refractivity contribution in [3.63, 3.8) is 0 Å². The molecule has 1 aliphatic rings. The molecule has 0 N–H and O–H groups in total. The number of rotatable bonds is 4. The van der Waals surface area contributed by atoms with E-state index in [9.17, 15) is 0 Å². The highest BCUT2D eigenvalue weighted by Gasteiger charge is 2.25. The monoisotopic (exact) mass is 241 g/mol. The molecule has 1 atom stereocenters. The molecule has 1 saturated heterocycles. The SMILES string of the molecule is CCOCC1CCN(c2nccnc2Cl)C1. The molecule has 0 amide bonds. The number of aromatic nitrogens is 2. The Bertz CT molecular complexity index is 348. The van der Waals surface area contributed by atoms with Crippen LogP contribution in [0.3, 0.4) is 0 Å². The first-order chi connectivity index (χ1) is 7.81. The molecule has 5 heteroatoms. The first-order valence-electron chi connectivity index (χ1n) is 5.60. The summed E-state index contributed by atoms with van der Waals surface area (Å²) in [4.78, 5) is 10.5. The highest BCUT2D eigenvalue weighted by Crippen LogP contribution is 2.26. The molecule has 0 radical (unpaired) electrons. The fourth-order valence-electron chi connectivity index (χ4n) is 1.97. The number of hydrogen-bond donors (Lipinski definition) is 0. The van der Waals surface area contributed by atoms with E-state index in [2.05, 4.69) is 14.9 Å². The molecular formula is C11H16ClN3O. The number of halogens is 1. The predicted molar refractivity (Wildman–Crippen MR) is 63.9 cm³/mol. The second kappa shape index (κ2) is 5.46. The lowest BCUT2D eigenvalue weighted by atomic mass is 10.1. The van der Waals surface area contributed by atoms with Gasteiger partial charge in [-0.25, -0.2) is 9.97 Å². The van der Waals surface area contributed by atoms with E-state index in [4.69, 9.17) is 16.3 Å². The van der Waals surface area contributed by atoms with Crippen molar-refractivity contribution in [1.29, 1.82) is 0 Å². The third-order valence-corrected chi connectivity index (χ3v) is 3.05. The smallest absolute Gasteiger partial charge is 0.171 e. The standard InChI is InChI=1S/C11H16ClN3O/c1-2-16-8-9-3-6-15(7-9)11-10(12)13-4-5-14-11/h4-5,9H,2-3,6-8H2,1H3. The van der Waals surface area contributed by atoms with Crippen LogP contribution in [-0.2, 0) is 4.74 Å². The zero-order valence-electron chi connectivity index (χ0n) is 9.40. The highest BCUT2D eigenvalue weighted by molar-refractivity contribution is 6.31. The van der Waals surface area contributed by atoms with Gasteiger partial charge in [0.15, 0.2) is 11.0 Å². The third kappa shape index (κ3) is 2.62. The van der Waals surface area contributed by atoms with E-state index in [-0.39, 0.29) is 0 Å². The molecule has 0 aliphatic carbocycles. The van der Waals surface area contributed by atoms with Crippen molar-refractivity contribution in [2.24, 2.45) is 5.92 Å². The molecule has 88 valence electrons. The van der Waals surface area contributed by atoms with Crippen molar-refractivity contribution >= 4 is 17.4 Å². The maximum Gasteiger partial charge on any atom is 0.171 e. The van der Waals surface area contributed by atoms with E-state index in [0.29, 0.717) is 11.1 Å². The van der Waals surface area contributed by atoms with Gasteiger partial charge in [0.05, 0.1) is 6.61 Å². The van der Waals surface area contributed by atoms with Crippen LogP contribution < -0.4 is 4.90 Å². The van der Waals surface area contributed by atoms with E-state index in [1.54, 1.807) is 12.4 Å². The molecule has 1 aromatic rings. The lowest BCUT2D eigenvalue weighted by Crippen LogP contribution is -2.22. The molecule has 0 saturated carbocycles. The van der Waals surface area contributed by atoms with Crippen LogP contribution in [0.4, 0.5) is 5.82 Å². The number of ether oxygens (including phenoxy) is 1. The van der Waals surface area contributed by atoms with Crippen molar-refractivity contribution < 1.29 is 4.74 Å². The van der Waals surface area contributed by atoms with Crippen LogP contribution in [0.1, 0.15) is 13.3 Å². The van der Waals surface area contributed by atoms with Crippen LogP contribution in [0.15, 0.2) is 12.4 Å². The van der Waals surface area contributed by atoms with Crippen LogP contribution in [0, 0.1) is 5.92 Å². The number of anilines is 1. The maximum absolute atomic E-state index is 6.01. The molecule has 1 aliphatic heterocycles. The van der Waals surface area contributed by atoms with Gasteiger partial charge in [-0.15, -0.1) is 0 Å². The van der Waals surface area contributed by atoms with Crippen molar-refractivity contribution in [2.45, 2.75) is 13.3 Å². The maximum atomic E-state index is 6.01. The van der Waals surface area contributed by atoms with Crippen LogP contribution in [0.25, 0.3) is 0 Å². The van der Waals surface area contributed by atoms with Crippen molar-refractivity contribution in [3.05, 3.63) is 17.5 Å². The van der Waals surface area contributed by atoms with Crippen LogP contribution >= 0.6 is 11.6 Å². The zero-order chi connectivity index (χ0) is 11.4. The van der Waals surface area contributed by atoms with E-state index < -0.39 is 0 Å². The normalized spacial score (nSPS) is 20.4. The van der Waals surface area contributed by atoms with Gasteiger partial charge in [-0.2, -0.15) is 0 Å². The average Bonchev–Trinajstić information content (AvgIpc) is 2.75. The van der Waals surface area contributed by atoms with Gasteiger partial charge in [0.1, 0.15) is 0 Å². The van der Waals surface area contributed by atoms with Crippen LogP contribution in [0.2, 0.25) is 5.15 Å². The molecule has 0 aromatic carbocycles. The van der Waals surface area contributed by atoms with Gasteiger partial charge < -0.3 is 9.64 Å². The fourth-order valence-corrected chi connectivity index (χ4v) is 2.20. The Labute approximate surface area is 101 Å². The molecule has 1 unspecified atom stereocenters. The Morgan fingerprint density at radius 2 is 2.31 bits per heavy atom. The van der Waals surface area contributed by atoms with Gasteiger partial charge in [0, 0.05) is 38.0 Å². The Kier molecular flexibility index (Phi) is 3.96. The minimum Gasteiger partial charge on any atom is -0.381 e. The topological polar surface area (TPSA) is 38.2 Å². The third-order valence-electron chi connectivity index (χ3n) is 2.78. The minimum atomic E-state index is 0.486. The minimum absolute atomic E-state index is 0.486. The molecule has 2 rings (SSSR count). The molecule has 0 spiro atoms. The first-order valence-corrected chi connectivity index (χ1v) is 5.98. The summed E-state index contributed by atoms with van der Waals surface area (Å²) in [7, 11) is 0. The lowest BCUT2D eigenvalue weighted by Gasteiger charge is -2.17. The van der Waals surface area contributed by atoms with Gasteiger partial charge >= 0.3 is 0 Å². The Hall–Kier alpha value is -0.870. The molecule has 16 heavy (non-hydrogen) atoms. The average molecular weight is 242 g/mol. The van der Waals surface area contributed by atoms with Gasteiger partial charge in [-0.3, -0.25) is 0 Å². The summed E-state index contributed by atoms with van der Waals surface area (Å²) in [5.41, 5.74) is 0. The van der Waals surface area contributed by atoms with Crippen molar-refractivity contribution in [1.82, 2.24) is 9.97 Å². The second-order valence-electron chi connectivity index (χ2n) is 3.93. The van der Waals surface area contributed by atoms with Crippen LogP contribution in [-0.4, -0.2) is 36.3 Å². The quantitative estimate of drug-likeness (QED) is 0.808. The Morgan fingerprint density at radius 3 is 3.06 bits per heavy atom. The first kappa shape index (κ1) is 11.6. The highest BCUT2D eigenvalue weighted by atomic mass is 35.5. The second-order valence-corrected chi connectivity index (χ2v) is 4.29. The van der Waals surface area contributed by atoms with Gasteiger partial charge in [-0.1, -0.05) is 11.6 Å². The zero-order valence-corrected chi connectivity index (χ0v) is 10.2. The summed E-state index contributed by atoms with van der Waals surface area (Å²) in [6, 6.07) is 0. The van der Waals surface area contributed by atoms with Crippen molar-refractivity contribution in [2.75, 3.05) is 31.2 Å². The number of nitrogens with zero attached hydrogens (tertiary/aromatic N) is 3.